The molecule has 1 N–H and O–H groups in total. The van der Waals surface area contributed by atoms with E-state index >= 15 is 0 Å². The lowest BCUT2D eigenvalue weighted by atomic mass is 10.1. The van der Waals surface area contributed by atoms with E-state index in [-0.39, 0.29) is 25.2 Å². The fraction of sp³-hybridized carbons (Fsp3) is 0.130. The molecule has 0 fully saturated rings. The van der Waals surface area contributed by atoms with Crippen molar-refractivity contribution in [3.63, 3.8) is 0 Å². The Labute approximate surface area is 186 Å². The van der Waals surface area contributed by atoms with Gasteiger partial charge in [0, 0.05) is 15.7 Å². The molecule has 0 bridgehead atoms. The Hall–Kier alpha value is -3.52. The molecule has 0 unspecified atom stereocenters. The highest BCUT2D eigenvalue weighted by Gasteiger charge is 2.26. The average molecular weight is 481 g/mol. The normalized spacial score (nSPS) is 14.1. The maximum absolute atomic E-state index is 12.7. The minimum Gasteiger partial charge on any atom is -0.482 e. The molecule has 0 spiro atoms. The lowest BCUT2D eigenvalue weighted by Crippen LogP contribution is -2.38. The molecule has 7 nitrogen and oxygen atoms in total. The minimum atomic E-state index is -0.291. The van der Waals surface area contributed by atoms with Crippen molar-refractivity contribution in [2.75, 3.05) is 23.6 Å². The third-order valence-corrected chi connectivity index (χ3v) is 5.58. The molecule has 2 aliphatic rings. The molecule has 0 saturated carbocycles. The lowest BCUT2D eigenvalue weighted by Gasteiger charge is -2.30. The summed E-state index contributed by atoms with van der Waals surface area (Å²) in [5.74, 6) is 1.32. The van der Waals surface area contributed by atoms with Crippen LogP contribution in [0.15, 0.2) is 65.1 Å². The Balaban J connectivity index is 1.39. The number of fused-ring (bicyclic) bond motifs is 2. The maximum Gasteiger partial charge on any atom is 0.265 e. The zero-order chi connectivity index (χ0) is 21.4. The van der Waals surface area contributed by atoms with E-state index in [0.29, 0.717) is 40.7 Å². The first-order valence-corrected chi connectivity index (χ1v) is 10.4. The van der Waals surface area contributed by atoms with Crippen LogP contribution in [0.25, 0.3) is 0 Å². The van der Waals surface area contributed by atoms with Crippen LogP contribution >= 0.6 is 15.9 Å². The van der Waals surface area contributed by atoms with E-state index in [1.165, 1.54) is 0 Å². The molecule has 2 aliphatic heterocycles. The number of halogens is 1. The van der Waals surface area contributed by atoms with Crippen molar-refractivity contribution >= 4 is 39.1 Å². The van der Waals surface area contributed by atoms with E-state index in [0.717, 1.165) is 10.0 Å². The number of ether oxygens (including phenoxy) is 3. The second-order valence-electron chi connectivity index (χ2n) is 7.10. The Morgan fingerprint density at radius 1 is 0.935 bits per heavy atom. The average Bonchev–Trinajstić information content (AvgIpc) is 3.25. The topological polar surface area (TPSA) is 77.1 Å². The van der Waals surface area contributed by atoms with E-state index in [4.69, 9.17) is 14.2 Å². The molecule has 0 atom stereocenters. The Kier molecular flexibility index (Phi) is 4.99. The van der Waals surface area contributed by atoms with E-state index in [2.05, 4.69) is 21.2 Å². The van der Waals surface area contributed by atoms with Gasteiger partial charge >= 0.3 is 0 Å². The number of hydrogen-bond acceptors (Lipinski definition) is 5. The summed E-state index contributed by atoms with van der Waals surface area (Å²) in [5.41, 5.74) is 2.60. The first-order chi connectivity index (χ1) is 15.1. The number of rotatable bonds is 4. The molecule has 0 saturated heterocycles. The molecule has 156 valence electrons. The van der Waals surface area contributed by atoms with Gasteiger partial charge in [-0.15, -0.1) is 0 Å². The SMILES string of the molecule is O=C(Nc1ccc2c(c1)N(Cc1ccc(Br)cc1)C(=O)CO2)c1ccc2c(c1)OCO2. The highest BCUT2D eigenvalue weighted by Crippen LogP contribution is 2.36. The predicted molar refractivity (Wildman–Crippen MR) is 118 cm³/mol. The van der Waals surface area contributed by atoms with Crippen LogP contribution < -0.4 is 24.4 Å². The van der Waals surface area contributed by atoms with Gasteiger partial charge in [0.2, 0.25) is 6.79 Å². The van der Waals surface area contributed by atoms with Gasteiger partial charge in [0.1, 0.15) is 5.75 Å². The molecule has 3 aromatic rings. The number of nitrogens with zero attached hydrogens (tertiary/aromatic N) is 1. The monoisotopic (exact) mass is 480 g/mol. The number of nitrogens with one attached hydrogen (secondary N) is 1. The Morgan fingerprint density at radius 3 is 2.55 bits per heavy atom. The molecular weight excluding hydrogens is 464 g/mol. The van der Waals surface area contributed by atoms with Gasteiger partial charge in [0.15, 0.2) is 18.1 Å². The highest BCUT2D eigenvalue weighted by atomic mass is 79.9. The lowest BCUT2D eigenvalue weighted by molar-refractivity contribution is -0.121. The smallest absolute Gasteiger partial charge is 0.265 e. The molecule has 2 amide bonds. The summed E-state index contributed by atoms with van der Waals surface area (Å²) in [7, 11) is 0. The van der Waals surface area contributed by atoms with Crippen LogP contribution in [-0.4, -0.2) is 25.2 Å². The van der Waals surface area contributed by atoms with Crippen LogP contribution in [-0.2, 0) is 11.3 Å². The van der Waals surface area contributed by atoms with Crippen molar-refractivity contribution in [3.8, 4) is 17.2 Å². The molecule has 3 aromatic carbocycles. The van der Waals surface area contributed by atoms with Gasteiger partial charge in [-0.05, 0) is 54.1 Å². The Morgan fingerprint density at radius 2 is 1.71 bits per heavy atom. The van der Waals surface area contributed by atoms with Crippen LogP contribution in [0.3, 0.4) is 0 Å². The molecular formula is C23H17BrN2O5. The summed E-state index contributed by atoms with van der Waals surface area (Å²) in [4.78, 5) is 27.0. The van der Waals surface area contributed by atoms with E-state index < -0.39 is 0 Å². The zero-order valence-corrected chi connectivity index (χ0v) is 17.8. The van der Waals surface area contributed by atoms with Crippen LogP contribution in [0, 0.1) is 0 Å². The van der Waals surface area contributed by atoms with Crippen molar-refractivity contribution in [1.29, 1.82) is 0 Å². The number of benzene rings is 3. The highest BCUT2D eigenvalue weighted by molar-refractivity contribution is 9.10. The second kappa shape index (κ2) is 7.96. The molecule has 0 radical (unpaired) electrons. The quantitative estimate of drug-likeness (QED) is 0.600. The standard InChI is InChI=1S/C23H17BrN2O5/c24-16-4-1-14(2-5-16)11-26-18-10-17(6-8-19(18)29-12-22(26)27)25-23(28)15-3-7-20-21(9-15)31-13-30-20/h1-10H,11-13H2,(H,25,28). The third kappa shape index (κ3) is 3.94. The number of hydrogen-bond donors (Lipinski definition) is 1. The van der Waals surface area contributed by atoms with Gasteiger partial charge in [0.25, 0.3) is 11.8 Å². The van der Waals surface area contributed by atoms with E-state index in [1.807, 2.05) is 24.3 Å². The van der Waals surface area contributed by atoms with Crippen molar-refractivity contribution in [2.24, 2.45) is 0 Å². The first kappa shape index (κ1) is 19.4. The first-order valence-electron chi connectivity index (χ1n) is 9.59. The zero-order valence-electron chi connectivity index (χ0n) is 16.3. The molecule has 5 rings (SSSR count). The number of carbonyl (C=O) groups excluding carboxylic acids is 2. The summed E-state index contributed by atoms with van der Waals surface area (Å²) in [6.45, 7) is 0.530. The van der Waals surface area contributed by atoms with Crippen molar-refractivity contribution in [1.82, 2.24) is 0 Å². The van der Waals surface area contributed by atoms with Crippen LogP contribution in [0.1, 0.15) is 15.9 Å². The van der Waals surface area contributed by atoms with Gasteiger partial charge in [-0.2, -0.15) is 0 Å². The van der Waals surface area contributed by atoms with Crippen molar-refractivity contribution < 1.29 is 23.8 Å². The van der Waals surface area contributed by atoms with Crippen LogP contribution in [0.5, 0.6) is 17.2 Å². The Bertz CT molecular complexity index is 1180. The van der Waals surface area contributed by atoms with Crippen molar-refractivity contribution in [3.05, 3.63) is 76.3 Å². The molecule has 2 heterocycles. The van der Waals surface area contributed by atoms with Gasteiger partial charge in [-0.25, -0.2) is 0 Å². The van der Waals surface area contributed by atoms with Gasteiger partial charge in [-0.3, -0.25) is 9.59 Å². The second-order valence-corrected chi connectivity index (χ2v) is 8.02. The predicted octanol–water partition coefficient (Wildman–Crippen LogP) is 4.36. The summed E-state index contributed by atoms with van der Waals surface area (Å²) < 4.78 is 17.2. The van der Waals surface area contributed by atoms with Crippen LogP contribution in [0.4, 0.5) is 11.4 Å². The fourth-order valence-corrected chi connectivity index (χ4v) is 3.73. The minimum absolute atomic E-state index is 0.0214. The third-order valence-electron chi connectivity index (χ3n) is 5.05. The van der Waals surface area contributed by atoms with Crippen LogP contribution in [0.2, 0.25) is 0 Å². The maximum atomic E-state index is 12.7. The molecule has 0 aliphatic carbocycles. The summed E-state index contributed by atoms with van der Waals surface area (Å²) in [5, 5.41) is 2.87. The number of carbonyl (C=O) groups is 2. The summed E-state index contributed by atoms with van der Waals surface area (Å²) >= 11 is 3.42. The largest absolute Gasteiger partial charge is 0.482 e. The number of anilines is 2. The van der Waals surface area contributed by atoms with Gasteiger partial charge < -0.3 is 24.4 Å². The number of amides is 2. The van der Waals surface area contributed by atoms with Gasteiger partial charge in [-0.1, -0.05) is 28.1 Å². The molecule has 8 heteroatoms. The van der Waals surface area contributed by atoms with E-state index in [9.17, 15) is 9.59 Å². The van der Waals surface area contributed by atoms with Gasteiger partial charge in [0.05, 0.1) is 12.2 Å². The fourth-order valence-electron chi connectivity index (χ4n) is 3.47. The molecule has 0 aromatic heterocycles. The van der Waals surface area contributed by atoms with Crippen molar-refractivity contribution in [2.45, 2.75) is 6.54 Å². The molecule has 31 heavy (non-hydrogen) atoms. The summed E-state index contributed by atoms with van der Waals surface area (Å²) in [6.07, 6.45) is 0. The van der Waals surface area contributed by atoms with E-state index in [1.54, 1.807) is 41.3 Å². The summed E-state index contributed by atoms with van der Waals surface area (Å²) in [6, 6.07) is 18.0.